The molecule has 0 unspecified atom stereocenters. The average molecular weight is 158 g/mol. The summed E-state index contributed by atoms with van der Waals surface area (Å²) in [5.41, 5.74) is 0.462. The SMILES string of the molecule is [C-]#[N+]c1ncc(OC)cc1C#C. The molecule has 0 aliphatic heterocycles. The second-order valence-corrected chi connectivity index (χ2v) is 2.00. The lowest BCUT2D eigenvalue weighted by atomic mass is 10.2. The zero-order chi connectivity index (χ0) is 8.97. The standard InChI is InChI=1S/C9H6N2O/c1-4-7-5-8(12-3)6-11-9(7)10-2/h1,5-6H,3H3. The smallest absolute Gasteiger partial charge is 0.285 e. The fourth-order valence-corrected chi connectivity index (χ4v) is 0.745. The highest BCUT2D eigenvalue weighted by atomic mass is 16.5. The summed E-state index contributed by atoms with van der Waals surface area (Å²) in [6, 6.07) is 1.61. The van der Waals surface area contributed by atoms with Gasteiger partial charge in [-0.2, -0.15) is 0 Å². The fraction of sp³-hybridized carbons (Fsp3) is 0.111. The molecule has 1 aromatic heterocycles. The van der Waals surface area contributed by atoms with Gasteiger partial charge in [0.2, 0.25) is 0 Å². The van der Waals surface area contributed by atoms with Gasteiger partial charge in [0.1, 0.15) is 0 Å². The van der Waals surface area contributed by atoms with Gasteiger partial charge < -0.3 is 9.58 Å². The zero-order valence-corrected chi connectivity index (χ0v) is 6.53. The van der Waals surface area contributed by atoms with E-state index in [4.69, 9.17) is 17.7 Å². The van der Waals surface area contributed by atoms with Crippen molar-refractivity contribution in [2.24, 2.45) is 0 Å². The maximum absolute atomic E-state index is 6.74. The normalized spacial score (nSPS) is 8.25. The molecule has 1 heterocycles. The molecule has 0 aromatic carbocycles. The summed E-state index contributed by atoms with van der Waals surface area (Å²) in [6.07, 6.45) is 6.63. The van der Waals surface area contributed by atoms with Gasteiger partial charge in [-0.25, -0.2) is 0 Å². The first-order valence-electron chi connectivity index (χ1n) is 3.20. The highest BCUT2D eigenvalue weighted by molar-refractivity contribution is 5.55. The van der Waals surface area contributed by atoms with Crippen LogP contribution in [0.5, 0.6) is 5.75 Å². The van der Waals surface area contributed by atoms with E-state index in [9.17, 15) is 0 Å². The second kappa shape index (κ2) is 3.41. The van der Waals surface area contributed by atoms with Gasteiger partial charge >= 0.3 is 0 Å². The molecule has 58 valence electrons. The van der Waals surface area contributed by atoms with Crippen molar-refractivity contribution < 1.29 is 4.74 Å². The van der Waals surface area contributed by atoms with Gasteiger partial charge in [-0.15, -0.1) is 11.4 Å². The van der Waals surface area contributed by atoms with Crippen LogP contribution in [0.25, 0.3) is 4.85 Å². The quantitative estimate of drug-likeness (QED) is 0.458. The van der Waals surface area contributed by atoms with Gasteiger partial charge in [0, 0.05) is 0 Å². The van der Waals surface area contributed by atoms with Crippen LogP contribution in [0.3, 0.4) is 0 Å². The molecule has 0 aliphatic rings. The molecule has 0 spiro atoms. The molecule has 1 aromatic rings. The van der Waals surface area contributed by atoms with Gasteiger partial charge in [-0.1, -0.05) is 12.5 Å². The van der Waals surface area contributed by atoms with Crippen LogP contribution in [-0.4, -0.2) is 12.1 Å². The van der Waals surface area contributed by atoms with Crippen molar-refractivity contribution >= 4 is 5.82 Å². The van der Waals surface area contributed by atoms with Crippen LogP contribution in [0, 0.1) is 18.9 Å². The van der Waals surface area contributed by atoms with E-state index in [-0.39, 0.29) is 5.82 Å². The Hall–Kier alpha value is -2.00. The molecule has 12 heavy (non-hydrogen) atoms. The third-order valence-corrected chi connectivity index (χ3v) is 1.34. The first-order valence-corrected chi connectivity index (χ1v) is 3.20. The van der Waals surface area contributed by atoms with Gasteiger partial charge in [0.25, 0.3) is 5.82 Å². The number of rotatable bonds is 1. The molecule has 0 bridgehead atoms. The third kappa shape index (κ3) is 1.36. The number of ether oxygens (including phenoxy) is 1. The van der Waals surface area contributed by atoms with Crippen LogP contribution in [0.2, 0.25) is 0 Å². The van der Waals surface area contributed by atoms with Crippen molar-refractivity contribution in [3.63, 3.8) is 0 Å². The molecule has 0 fully saturated rings. The third-order valence-electron chi connectivity index (χ3n) is 1.34. The molecule has 1 rings (SSSR count). The van der Waals surface area contributed by atoms with E-state index in [1.54, 1.807) is 6.07 Å². The van der Waals surface area contributed by atoms with E-state index >= 15 is 0 Å². The van der Waals surface area contributed by atoms with Crippen LogP contribution < -0.4 is 4.74 Å². The van der Waals surface area contributed by atoms with Crippen LogP contribution in [-0.2, 0) is 0 Å². The summed E-state index contributed by atoms with van der Waals surface area (Å²) >= 11 is 0. The number of hydrogen-bond acceptors (Lipinski definition) is 2. The van der Waals surface area contributed by atoms with E-state index in [1.165, 1.54) is 13.3 Å². The van der Waals surface area contributed by atoms with Crippen LogP contribution >= 0.6 is 0 Å². The molecular formula is C9H6N2O. The highest BCUT2D eigenvalue weighted by Gasteiger charge is 2.03. The van der Waals surface area contributed by atoms with Crippen molar-refractivity contribution in [1.82, 2.24) is 4.98 Å². The monoisotopic (exact) mass is 158 g/mol. The lowest BCUT2D eigenvalue weighted by Crippen LogP contribution is -1.86. The Morgan fingerprint density at radius 1 is 1.75 bits per heavy atom. The summed E-state index contributed by atoms with van der Waals surface area (Å²) in [4.78, 5) is 6.97. The number of terminal acetylenes is 1. The lowest BCUT2D eigenvalue weighted by molar-refractivity contribution is 0.413. The maximum atomic E-state index is 6.74. The zero-order valence-electron chi connectivity index (χ0n) is 6.53. The molecule has 3 heteroatoms. The summed E-state index contributed by atoms with van der Waals surface area (Å²) in [5.74, 6) is 3.16. The molecule has 0 saturated heterocycles. The van der Waals surface area contributed by atoms with Crippen LogP contribution in [0.15, 0.2) is 12.3 Å². The molecule has 0 radical (unpaired) electrons. The van der Waals surface area contributed by atoms with E-state index in [1.807, 2.05) is 0 Å². The molecular weight excluding hydrogens is 152 g/mol. The lowest BCUT2D eigenvalue weighted by Gasteiger charge is -1.98. The first kappa shape index (κ1) is 8.10. The van der Waals surface area contributed by atoms with Crippen LogP contribution in [0.4, 0.5) is 5.82 Å². The second-order valence-electron chi connectivity index (χ2n) is 2.00. The van der Waals surface area contributed by atoms with Crippen molar-refractivity contribution in [1.29, 1.82) is 0 Å². The minimum Gasteiger partial charge on any atom is -0.493 e. The summed E-state index contributed by atoms with van der Waals surface area (Å²) in [7, 11) is 1.52. The van der Waals surface area contributed by atoms with Crippen molar-refractivity contribution in [3.8, 4) is 18.1 Å². The Kier molecular flexibility index (Phi) is 2.30. The van der Waals surface area contributed by atoms with E-state index in [2.05, 4.69) is 15.7 Å². The molecule has 0 amide bonds. The van der Waals surface area contributed by atoms with Crippen molar-refractivity contribution in [2.75, 3.05) is 7.11 Å². The van der Waals surface area contributed by atoms with Gasteiger partial charge in [-0.3, -0.25) is 0 Å². The number of hydrogen-bond donors (Lipinski definition) is 0. The van der Waals surface area contributed by atoms with Crippen LogP contribution in [0.1, 0.15) is 5.56 Å². The molecule has 3 nitrogen and oxygen atoms in total. The van der Waals surface area contributed by atoms with E-state index < -0.39 is 0 Å². The molecule has 0 aliphatic carbocycles. The Balaban J connectivity index is 3.25. The summed E-state index contributed by atoms with van der Waals surface area (Å²) < 4.78 is 4.90. The maximum Gasteiger partial charge on any atom is 0.285 e. The average Bonchev–Trinajstić information content (AvgIpc) is 2.16. The predicted molar refractivity (Wildman–Crippen MR) is 45.0 cm³/mol. The first-order chi connectivity index (χ1) is 5.81. The van der Waals surface area contributed by atoms with Crippen molar-refractivity contribution in [3.05, 3.63) is 29.2 Å². The molecule has 0 atom stereocenters. The number of pyridine rings is 1. The summed E-state index contributed by atoms with van der Waals surface area (Å²) in [5, 5.41) is 0. The Bertz CT molecular complexity index is 371. The van der Waals surface area contributed by atoms with E-state index in [0.717, 1.165) is 0 Å². The highest BCUT2D eigenvalue weighted by Crippen LogP contribution is 2.19. The molecule has 0 N–H and O–H groups in total. The van der Waals surface area contributed by atoms with Crippen molar-refractivity contribution in [2.45, 2.75) is 0 Å². The largest absolute Gasteiger partial charge is 0.493 e. The molecule has 0 saturated carbocycles. The minimum atomic E-state index is 0.235. The van der Waals surface area contributed by atoms with E-state index in [0.29, 0.717) is 11.3 Å². The number of aromatic nitrogens is 1. The van der Waals surface area contributed by atoms with Gasteiger partial charge in [0.15, 0.2) is 11.9 Å². The number of methoxy groups -OCH3 is 1. The Morgan fingerprint density at radius 2 is 2.50 bits per heavy atom. The predicted octanol–water partition coefficient (Wildman–Crippen LogP) is 1.62. The topological polar surface area (TPSA) is 26.5 Å². The minimum absolute atomic E-state index is 0.235. The van der Waals surface area contributed by atoms with Gasteiger partial charge in [-0.05, 0) is 6.07 Å². The van der Waals surface area contributed by atoms with Gasteiger partial charge in [0.05, 0.1) is 12.7 Å². The Morgan fingerprint density at radius 3 is 3.00 bits per heavy atom. The summed E-state index contributed by atoms with van der Waals surface area (Å²) in [6.45, 7) is 6.74. The fourth-order valence-electron chi connectivity index (χ4n) is 0.745. The Labute approximate surface area is 70.8 Å². The number of nitrogens with zero attached hydrogens (tertiary/aromatic N) is 2.